The Hall–Kier alpha value is -0.780. The van der Waals surface area contributed by atoms with Gasteiger partial charge in [0.05, 0.1) is 13.2 Å². The number of aliphatic hydroxyl groups is 2. The van der Waals surface area contributed by atoms with E-state index in [0.717, 1.165) is 19.3 Å². The topological polar surface area (TPSA) is 83.8 Å². The summed E-state index contributed by atoms with van der Waals surface area (Å²) >= 11 is 0. The Labute approximate surface area is 121 Å². The largest absolute Gasteiger partial charge is 0.394 e. The average molecular weight is 287 g/mol. The lowest BCUT2D eigenvalue weighted by Crippen LogP contribution is -2.30. The number of carbonyl (C=O) groups is 1. The molecule has 0 bridgehead atoms. The quantitative estimate of drug-likeness (QED) is 0.374. The Morgan fingerprint density at radius 3 is 2.30 bits per heavy atom. The van der Waals surface area contributed by atoms with Gasteiger partial charge in [-0.1, -0.05) is 45.4 Å². The second kappa shape index (κ2) is 13.2. The molecule has 0 aliphatic rings. The van der Waals surface area contributed by atoms with E-state index in [1.807, 2.05) is 0 Å². The van der Waals surface area contributed by atoms with Crippen LogP contribution >= 0.6 is 0 Å². The van der Waals surface area contributed by atoms with Crippen LogP contribution in [0.3, 0.4) is 0 Å². The summed E-state index contributed by atoms with van der Waals surface area (Å²) in [6, 6.07) is 0. The van der Waals surface area contributed by atoms with Crippen molar-refractivity contribution in [3.63, 3.8) is 0 Å². The van der Waals surface area contributed by atoms with Crippen LogP contribution in [-0.2, 0) is 14.3 Å². The monoisotopic (exact) mass is 287 g/mol. The van der Waals surface area contributed by atoms with E-state index >= 15 is 0 Å². The molecule has 0 fully saturated rings. The van der Waals surface area contributed by atoms with Gasteiger partial charge in [0.25, 0.3) is 0 Å². The highest BCUT2D eigenvalue weighted by molar-refractivity contribution is 5.96. The van der Waals surface area contributed by atoms with Crippen molar-refractivity contribution < 1.29 is 24.5 Å². The molecule has 20 heavy (non-hydrogen) atoms. The SMILES string of the molecule is CCCCCCCCCC(=O)C([C]=O)OCC(O)CO. The van der Waals surface area contributed by atoms with Gasteiger partial charge in [-0.2, -0.15) is 0 Å². The van der Waals surface area contributed by atoms with Gasteiger partial charge < -0.3 is 14.9 Å². The predicted molar refractivity (Wildman–Crippen MR) is 76.1 cm³/mol. The molecule has 117 valence electrons. The van der Waals surface area contributed by atoms with Gasteiger partial charge in [0.2, 0.25) is 6.29 Å². The third-order valence-electron chi connectivity index (χ3n) is 3.09. The zero-order chi connectivity index (χ0) is 15.2. The lowest BCUT2D eigenvalue weighted by atomic mass is 10.1. The first-order chi connectivity index (χ1) is 9.65. The number of hydrogen-bond donors (Lipinski definition) is 2. The highest BCUT2D eigenvalue weighted by Gasteiger charge is 2.19. The van der Waals surface area contributed by atoms with Crippen molar-refractivity contribution in [2.75, 3.05) is 13.2 Å². The van der Waals surface area contributed by atoms with Crippen LogP contribution in [0.25, 0.3) is 0 Å². The van der Waals surface area contributed by atoms with E-state index < -0.39 is 18.8 Å². The van der Waals surface area contributed by atoms with Crippen LogP contribution < -0.4 is 0 Å². The van der Waals surface area contributed by atoms with Crippen LogP contribution in [0, 0.1) is 0 Å². The first kappa shape index (κ1) is 19.2. The molecule has 0 heterocycles. The summed E-state index contributed by atoms with van der Waals surface area (Å²) in [4.78, 5) is 22.3. The molecule has 2 unspecified atom stereocenters. The Morgan fingerprint density at radius 1 is 1.15 bits per heavy atom. The standard InChI is InChI=1S/C15H27O5/c1-2-3-4-5-6-7-8-9-14(19)15(11-17)20-12-13(18)10-16/h13,15-16,18H,2-10,12H2,1H3. The zero-order valence-electron chi connectivity index (χ0n) is 12.3. The summed E-state index contributed by atoms with van der Waals surface area (Å²) in [5.74, 6) is -0.307. The molecule has 2 atom stereocenters. The summed E-state index contributed by atoms with van der Waals surface area (Å²) in [5.41, 5.74) is 0. The average Bonchev–Trinajstić information content (AvgIpc) is 2.46. The maximum atomic E-state index is 11.7. The van der Waals surface area contributed by atoms with Crippen molar-refractivity contribution in [2.24, 2.45) is 0 Å². The molecule has 5 heteroatoms. The van der Waals surface area contributed by atoms with E-state index in [0.29, 0.717) is 6.42 Å². The van der Waals surface area contributed by atoms with Crippen LogP contribution in [-0.4, -0.2) is 47.7 Å². The van der Waals surface area contributed by atoms with Crippen molar-refractivity contribution in [2.45, 2.75) is 70.5 Å². The third-order valence-corrected chi connectivity index (χ3v) is 3.09. The summed E-state index contributed by atoms with van der Waals surface area (Å²) < 4.78 is 4.93. The molecule has 1 radical (unpaired) electrons. The van der Waals surface area contributed by atoms with Gasteiger partial charge in [-0.25, -0.2) is 0 Å². The lowest BCUT2D eigenvalue weighted by molar-refractivity contribution is -0.128. The van der Waals surface area contributed by atoms with Crippen molar-refractivity contribution in [1.29, 1.82) is 0 Å². The van der Waals surface area contributed by atoms with Crippen LogP contribution in [0.15, 0.2) is 0 Å². The zero-order valence-corrected chi connectivity index (χ0v) is 12.3. The second-order valence-electron chi connectivity index (χ2n) is 5.01. The minimum atomic E-state index is -1.24. The number of ether oxygens (including phenoxy) is 1. The van der Waals surface area contributed by atoms with Gasteiger partial charge in [-0.15, -0.1) is 0 Å². The van der Waals surface area contributed by atoms with Gasteiger partial charge in [-0.05, 0) is 6.42 Å². The molecule has 0 rings (SSSR count). The second-order valence-corrected chi connectivity index (χ2v) is 5.01. The molecule has 0 aromatic rings. The first-order valence-electron chi connectivity index (χ1n) is 7.46. The van der Waals surface area contributed by atoms with E-state index in [4.69, 9.17) is 14.9 Å². The van der Waals surface area contributed by atoms with E-state index in [2.05, 4.69) is 6.92 Å². The molecular formula is C15H27O5. The van der Waals surface area contributed by atoms with Crippen LogP contribution in [0.1, 0.15) is 58.3 Å². The Balaban J connectivity index is 3.68. The number of aliphatic hydroxyl groups excluding tert-OH is 2. The number of unbranched alkanes of at least 4 members (excludes halogenated alkanes) is 6. The van der Waals surface area contributed by atoms with Crippen LogP contribution in [0.2, 0.25) is 0 Å². The van der Waals surface area contributed by atoms with Gasteiger partial charge in [0.1, 0.15) is 6.10 Å². The highest BCUT2D eigenvalue weighted by Crippen LogP contribution is 2.09. The normalized spacial score (nSPS) is 13.9. The molecule has 0 spiro atoms. The van der Waals surface area contributed by atoms with Gasteiger partial charge in [0, 0.05) is 6.42 Å². The number of carbonyl (C=O) groups excluding carboxylic acids is 2. The fourth-order valence-electron chi connectivity index (χ4n) is 1.84. The Bertz CT molecular complexity index is 255. The number of Topliss-reactive ketones (excluding diaryl/α,β-unsaturated/α-hetero) is 1. The molecule has 0 amide bonds. The van der Waals surface area contributed by atoms with E-state index in [-0.39, 0.29) is 12.4 Å². The van der Waals surface area contributed by atoms with Gasteiger partial charge in [-0.3, -0.25) is 9.59 Å². The molecular weight excluding hydrogens is 260 g/mol. The van der Waals surface area contributed by atoms with E-state index in [1.54, 1.807) is 0 Å². The van der Waals surface area contributed by atoms with Crippen molar-refractivity contribution in [1.82, 2.24) is 0 Å². The molecule has 0 aromatic heterocycles. The molecule has 0 aromatic carbocycles. The van der Waals surface area contributed by atoms with Gasteiger partial charge >= 0.3 is 0 Å². The lowest BCUT2D eigenvalue weighted by Gasteiger charge is -2.12. The Kier molecular flexibility index (Phi) is 12.7. The third kappa shape index (κ3) is 10.1. The molecule has 5 nitrogen and oxygen atoms in total. The number of ketones is 1. The predicted octanol–water partition coefficient (Wildman–Crippen LogP) is 1.54. The minimum absolute atomic E-state index is 0.237. The van der Waals surface area contributed by atoms with Crippen molar-refractivity contribution in [3.8, 4) is 0 Å². The number of hydrogen-bond acceptors (Lipinski definition) is 5. The van der Waals surface area contributed by atoms with E-state index in [1.165, 1.54) is 32.0 Å². The van der Waals surface area contributed by atoms with Crippen LogP contribution in [0.5, 0.6) is 0 Å². The smallest absolute Gasteiger partial charge is 0.237 e. The fourth-order valence-corrected chi connectivity index (χ4v) is 1.84. The fraction of sp³-hybridized carbons (Fsp3) is 0.867. The van der Waals surface area contributed by atoms with Crippen molar-refractivity contribution in [3.05, 3.63) is 0 Å². The molecule has 0 aliphatic carbocycles. The molecule has 0 saturated heterocycles. The summed E-state index contributed by atoms with van der Waals surface area (Å²) in [7, 11) is 0. The molecule has 0 aliphatic heterocycles. The number of rotatable bonds is 14. The maximum absolute atomic E-state index is 11.7. The first-order valence-corrected chi connectivity index (χ1v) is 7.46. The van der Waals surface area contributed by atoms with Crippen LogP contribution in [0.4, 0.5) is 0 Å². The summed E-state index contributed by atoms with van der Waals surface area (Å²) in [5, 5.41) is 17.7. The molecule has 2 N–H and O–H groups in total. The van der Waals surface area contributed by atoms with E-state index in [9.17, 15) is 9.59 Å². The Morgan fingerprint density at radius 2 is 1.75 bits per heavy atom. The maximum Gasteiger partial charge on any atom is 0.237 e. The molecule has 0 saturated carbocycles. The summed E-state index contributed by atoms with van der Waals surface area (Å²) in [6.07, 6.45) is 7.23. The summed E-state index contributed by atoms with van der Waals surface area (Å²) in [6.45, 7) is 1.47. The highest BCUT2D eigenvalue weighted by atomic mass is 16.5. The minimum Gasteiger partial charge on any atom is -0.394 e. The van der Waals surface area contributed by atoms with Crippen molar-refractivity contribution >= 4 is 12.1 Å². The van der Waals surface area contributed by atoms with Gasteiger partial charge in [0.15, 0.2) is 11.9 Å².